The van der Waals surface area contributed by atoms with Gasteiger partial charge in [0.05, 0.1) is 11.6 Å². The predicted molar refractivity (Wildman–Crippen MR) is 83.0 cm³/mol. The van der Waals surface area contributed by atoms with Gasteiger partial charge in [-0.2, -0.15) is 5.26 Å². The molecule has 0 spiro atoms. The van der Waals surface area contributed by atoms with Crippen LogP contribution in [0.15, 0.2) is 54.6 Å². The summed E-state index contributed by atoms with van der Waals surface area (Å²) in [6.45, 7) is 4.75. The highest BCUT2D eigenvalue weighted by molar-refractivity contribution is 5.94. The van der Waals surface area contributed by atoms with Gasteiger partial charge in [0.2, 0.25) is 0 Å². The normalized spacial score (nSPS) is 10.7. The molecule has 0 fully saturated rings. The minimum absolute atomic E-state index is 0.122. The summed E-state index contributed by atoms with van der Waals surface area (Å²) in [7, 11) is 0. The van der Waals surface area contributed by atoms with E-state index in [0.29, 0.717) is 17.7 Å². The molecule has 0 saturated carbocycles. The lowest BCUT2D eigenvalue weighted by molar-refractivity contribution is 0.0945. The average molecular weight is 278 g/mol. The van der Waals surface area contributed by atoms with Crippen molar-refractivity contribution in [3.63, 3.8) is 0 Å². The van der Waals surface area contributed by atoms with Crippen molar-refractivity contribution in [2.24, 2.45) is 0 Å². The second-order valence-corrected chi connectivity index (χ2v) is 5.62. The van der Waals surface area contributed by atoms with E-state index < -0.39 is 0 Å². The van der Waals surface area contributed by atoms with E-state index in [1.54, 1.807) is 24.3 Å². The van der Waals surface area contributed by atoms with Gasteiger partial charge in [-0.25, -0.2) is 0 Å². The fraction of sp³-hybridized carbons (Fsp3) is 0.222. The molecule has 0 atom stereocenters. The smallest absolute Gasteiger partial charge is 0.251 e. The van der Waals surface area contributed by atoms with Gasteiger partial charge in [0.25, 0.3) is 5.91 Å². The quantitative estimate of drug-likeness (QED) is 0.933. The predicted octanol–water partition coefficient (Wildman–Crippen LogP) is 3.27. The van der Waals surface area contributed by atoms with Gasteiger partial charge in [-0.1, -0.05) is 44.2 Å². The van der Waals surface area contributed by atoms with Crippen molar-refractivity contribution >= 4 is 5.91 Å². The van der Waals surface area contributed by atoms with Gasteiger partial charge in [-0.05, 0) is 29.8 Å². The zero-order chi connectivity index (χ0) is 15.3. The van der Waals surface area contributed by atoms with Gasteiger partial charge in [0.15, 0.2) is 0 Å². The second kappa shape index (κ2) is 6.23. The minimum Gasteiger partial charge on any atom is -0.351 e. The van der Waals surface area contributed by atoms with E-state index in [1.807, 2.05) is 24.3 Å². The van der Waals surface area contributed by atoms with Crippen LogP contribution in [0.1, 0.15) is 35.3 Å². The number of nitrogens with zero attached hydrogens (tertiary/aromatic N) is 1. The third kappa shape index (κ3) is 3.70. The van der Waals surface area contributed by atoms with Gasteiger partial charge in [-0.3, -0.25) is 4.79 Å². The lowest BCUT2D eigenvalue weighted by atomic mass is 9.84. The van der Waals surface area contributed by atoms with Crippen LogP contribution in [0.25, 0.3) is 0 Å². The Morgan fingerprint density at radius 3 is 2.29 bits per heavy atom. The van der Waals surface area contributed by atoms with Crippen LogP contribution in [0.2, 0.25) is 0 Å². The fourth-order valence-corrected chi connectivity index (χ4v) is 2.09. The first kappa shape index (κ1) is 14.8. The summed E-state index contributed by atoms with van der Waals surface area (Å²) >= 11 is 0. The van der Waals surface area contributed by atoms with E-state index in [4.69, 9.17) is 5.26 Å². The monoisotopic (exact) mass is 278 g/mol. The molecule has 1 N–H and O–H groups in total. The van der Waals surface area contributed by atoms with Crippen molar-refractivity contribution in [1.29, 1.82) is 5.26 Å². The molecule has 2 aromatic rings. The number of carbonyl (C=O) groups excluding carboxylic acids is 1. The largest absolute Gasteiger partial charge is 0.351 e. The third-order valence-corrected chi connectivity index (χ3v) is 3.52. The van der Waals surface area contributed by atoms with Crippen LogP contribution < -0.4 is 5.32 Å². The highest BCUT2D eigenvalue weighted by Gasteiger charge is 2.21. The summed E-state index contributed by atoms with van der Waals surface area (Å²) in [5, 5.41) is 11.7. The number of nitriles is 1. The molecule has 0 bridgehead atoms. The molecule has 0 aliphatic rings. The third-order valence-electron chi connectivity index (χ3n) is 3.52. The lowest BCUT2D eigenvalue weighted by Gasteiger charge is -2.25. The Hall–Kier alpha value is -2.60. The highest BCUT2D eigenvalue weighted by atomic mass is 16.1. The average Bonchev–Trinajstić information content (AvgIpc) is 2.53. The molecular formula is C18H18N2O. The summed E-state index contributed by atoms with van der Waals surface area (Å²) in [4.78, 5) is 12.1. The second-order valence-electron chi connectivity index (χ2n) is 5.62. The Balaban J connectivity index is 2.02. The molecule has 0 aromatic heterocycles. The van der Waals surface area contributed by atoms with Gasteiger partial charge < -0.3 is 5.32 Å². The number of nitrogens with one attached hydrogen (secondary N) is 1. The van der Waals surface area contributed by atoms with E-state index in [0.717, 1.165) is 0 Å². The molecule has 0 saturated heterocycles. The molecule has 0 radical (unpaired) electrons. The molecule has 0 heterocycles. The lowest BCUT2D eigenvalue weighted by Crippen LogP contribution is -2.36. The van der Waals surface area contributed by atoms with Gasteiger partial charge in [0.1, 0.15) is 0 Å². The Morgan fingerprint density at radius 1 is 1.10 bits per heavy atom. The summed E-state index contributed by atoms with van der Waals surface area (Å²) in [5.74, 6) is -0.122. The Labute approximate surface area is 125 Å². The van der Waals surface area contributed by atoms with Crippen LogP contribution >= 0.6 is 0 Å². The molecule has 0 aliphatic heterocycles. The van der Waals surface area contributed by atoms with Crippen LogP contribution in [0, 0.1) is 11.3 Å². The first-order chi connectivity index (χ1) is 10.0. The van der Waals surface area contributed by atoms with E-state index in [-0.39, 0.29) is 11.3 Å². The summed E-state index contributed by atoms with van der Waals surface area (Å²) in [6, 6.07) is 18.8. The molecular weight excluding hydrogens is 260 g/mol. The van der Waals surface area contributed by atoms with E-state index in [2.05, 4.69) is 31.3 Å². The molecule has 3 nitrogen and oxygen atoms in total. The molecule has 3 heteroatoms. The molecule has 21 heavy (non-hydrogen) atoms. The minimum atomic E-state index is -0.135. The molecule has 106 valence electrons. The number of rotatable bonds is 4. The van der Waals surface area contributed by atoms with Crippen molar-refractivity contribution < 1.29 is 4.79 Å². The number of amides is 1. The zero-order valence-corrected chi connectivity index (χ0v) is 12.3. The van der Waals surface area contributed by atoms with Crippen LogP contribution in [0.5, 0.6) is 0 Å². The maximum atomic E-state index is 12.1. The van der Waals surface area contributed by atoms with Crippen molar-refractivity contribution in [2.45, 2.75) is 19.3 Å². The fourth-order valence-electron chi connectivity index (χ4n) is 2.09. The van der Waals surface area contributed by atoms with E-state index in [9.17, 15) is 4.79 Å². The van der Waals surface area contributed by atoms with Gasteiger partial charge >= 0.3 is 0 Å². The Morgan fingerprint density at radius 2 is 1.71 bits per heavy atom. The maximum absolute atomic E-state index is 12.1. The number of carbonyl (C=O) groups is 1. The summed E-state index contributed by atoms with van der Waals surface area (Å²) < 4.78 is 0. The van der Waals surface area contributed by atoms with Gasteiger partial charge in [0, 0.05) is 17.5 Å². The highest BCUT2D eigenvalue weighted by Crippen LogP contribution is 2.21. The van der Waals surface area contributed by atoms with E-state index >= 15 is 0 Å². The Kier molecular flexibility index (Phi) is 4.39. The van der Waals surface area contributed by atoms with Crippen LogP contribution in [-0.4, -0.2) is 12.5 Å². The van der Waals surface area contributed by atoms with Crippen molar-refractivity contribution in [2.75, 3.05) is 6.54 Å². The van der Waals surface area contributed by atoms with Crippen LogP contribution in [0.4, 0.5) is 0 Å². The zero-order valence-electron chi connectivity index (χ0n) is 12.3. The van der Waals surface area contributed by atoms with Crippen LogP contribution in [0.3, 0.4) is 0 Å². The first-order valence-electron chi connectivity index (χ1n) is 6.87. The first-order valence-corrected chi connectivity index (χ1v) is 6.87. The summed E-state index contributed by atoms with van der Waals surface area (Å²) in [6.07, 6.45) is 0. The van der Waals surface area contributed by atoms with Gasteiger partial charge in [-0.15, -0.1) is 0 Å². The van der Waals surface area contributed by atoms with Crippen molar-refractivity contribution in [3.05, 3.63) is 71.3 Å². The maximum Gasteiger partial charge on any atom is 0.251 e. The molecule has 1 amide bonds. The molecule has 0 aliphatic carbocycles. The Bertz CT molecular complexity index is 652. The number of hydrogen-bond acceptors (Lipinski definition) is 2. The topological polar surface area (TPSA) is 52.9 Å². The molecule has 2 rings (SSSR count). The summed E-state index contributed by atoms with van der Waals surface area (Å²) in [5.41, 5.74) is 2.17. The molecule has 0 unspecified atom stereocenters. The van der Waals surface area contributed by atoms with Crippen molar-refractivity contribution in [3.8, 4) is 6.07 Å². The van der Waals surface area contributed by atoms with Crippen LogP contribution in [-0.2, 0) is 5.41 Å². The standard InChI is InChI=1S/C18H18N2O/c1-18(2,16-6-4-3-5-7-16)13-20-17(21)15-10-8-14(12-19)9-11-15/h3-11H,13H2,1-2H3,(H,20,21). The van der Waals surface area contributed by atoms with E-state index in [1.165, 1.54) is 5.56 Å². The number of hydrogen-bond donors (Lipinski definition) is 1. The molecule has 2 aromatic carbocycles. The van der Waals surface area contributed by atoms with Crippen molar-refractivity contribution in [1.82, 2.24) is 5.32 Å². The number of benzene rings is 2. The SMILES string of the molecule is CC(C)(CNC(=O)c1ccc(C#N)cc1)c1ccccc1.